The Bertz CT molecular complexity index is 459. The molecule has 2 rings (SSSR count). The minimum absolute atomic E-state index is 0.608. The zero-order chi connectivity index (χ0) is 10.7. The molecule has 76 valence electrons. The predicted octanol–water partition coefficient (Wildman–Crippen LogP) is 3.53. The summed E-state index contributed by atoms with van der Waals surface area (Å²) in [4.78, 5) is 0. The first-order chi connectivity index (χ1) is 7.25. The summed E-state index contributed by atoms with van der Waals surface area (Å²) >= 11 is 11.8. The molecular formula is C10H7Cl2N3. The highest BCUT2D eigenvalue weighted by Gasteiger charge is 2.01. The van der Waals surface area contributed by atoms with Crippen LogP contribution in [0.5, 0.6) is 0 Å². The molecule has 0 fully saturated rings. The Morgan fingerprint density at radius 2 is 1.93 bits per heavy atom. The van der Waals surface area contributed by atoms with Gasteiger partial charge in [0.15, 0.2) is 0 Å². The molecule has 0 bridgehead atoms. The fraction of sp³-hybridized carbons (Fsp3) is 0. The SMILES string of the molecule is Clc1ccc(Cl)c(Nc2ccnnc2)c1. The van der Waals surface area contributed by atoms with Crippen LogP contribution >= 0.6 is 23.2 Å². The molecule has 1 heterocycles. The quantitative estimate of drug-likeness (QED) is 0.872. The molecule has 0 spiro atoms. The molecule has 15 heavy (non-hydrogen) atoms. The van der Waals surface area contributed by atoms with Gasteiger partial charge in [0.05, 0.1) is 28.8 Å². The van der Waals surface area contributed by atoms with Crippen LogP contribution in [0.4, 0.5) is 11.4 Å². The van der Waals surface area contributed by atoms with Crippen molar-refractivity contribution in [2.75, 3.05) is 5.32 Å². The van der Waals surface area contributed by atoms with Crippen molar-refractivity contribution >= 4 is 34.6 Å². The molecule has 0 atom stereocenters. The Morgan fingerprint density at radius 3 is 2.67 bits per heavy atom. The van der Waals surface area contributed by atoms with Crippen molar-refractivity contribution in [3.8, 4) is 0 Å². The molecule has 0 radical (unpaired) electrons. The van der Waals surface area contributed by atoms with E-state index in [0.717, 1.165) is 11.4 Å². The third-order valence-electron chi connectivity index (χ3n) is 1.79. The lowest BCUT2D eigenvalue weighted by Crippen LogP contribution is -1.92. The van der Waals surface area contributed by atoms with Gasteiger partial charge in [-0.2, -0.15) is 10.2 Å². The zero-order valence-corrected chi connectivity index (χ0v) is 9.13. The van der Waals surface area contributed by atoms with Gasteiger partial charge in [0, 0.05) is 5.02 Å². The second-order valence-electron chi connectivity index (χ2n) is 2.88. The monoisotopic (exact) mass is 239 g/mol. The maximum Gasteiger partial charge on any atom is 0.0731 e. The Labute approximate surface area is 97.1 Å². The average Bonchev–Trinajstić information content (AvgIpc) is 2.25. The van der Waals surface area contributed by atoms with E-state index < -0.39 is 0 Å². The number of nitrogens with one attached hydrogen (secondary N) is 1. The lowest BCUT2D eigenvalue weighted by molar-refractivity contribution is 1.03. The van der Waals surface area contributed by atoms with Gasteiger partial charge in [-0.1, -0.05) is 23.2 Å². The summed E-state index contributed by atoms with van der Waals surface area (Å²) in [6.07, 6.45) is 3.21. The summed E-state index contributed by atoms with van der Waals surface area (Å²) in [5.41, 5.74) is 1.56. The van der Waals surface area contributed by atoms with Gasteiger partial charge >= 0.3 is 0 Å². The summed E-state index contributed by atoms with van der Waals surface area (Å²) < 4.78 is 0. The third-order valence-corrected chi connectivity index (χ3v) is 2.36. The highest BCUT2D eigenvalue weighted by molar-refractivity contribution is 6.35. The van der Waals surface area contributed by atoms with E-state index in [4.69, 9.17) is 23.2 Å². The van der Waals surface area contributed by atoms with Gasteiger partial charge in [-0.3, -0.25) is 0 Å². The minimum atomic E-state index is 0.608. The summed E-state index contributed by atoms with van der Waals surface area (Å²) in [6, 6.07) is 7.02. The van der Waals surface area contributed by atoms with E-state index in [1.165, 1.54) is 0 Å². The van der Waals surface area contributed by atoms with Crippen molar-refractivity contribution < 1.29 is 0 Å². The second-order valence-corrected chi connectivity index (χ2v) is 3.72. The number of halogens is 2. The van der Waals surface area contributed by atoms with Gasteiger partial charge in [0.2, 0.25) is 0 Å². The number of anilines is 2. The maximum absolute atomic E-state index is 5.99. The predicted molar refractivity (Wildman–Crippen MR) is 61.8 cm³/mol. The third kappa shape index (κ3) is 2.58. The van der Waals surface area contributed by atoms with Crippen molar-refractivity contribution in [3.05, 3.63) is 46.7 Å². The molecule has 0 saturated carbocycles. The summed E-state index contributed by atoms with van der Waals surface area (Å²) in [7, 11) is 0. The summed E-state index contributed by atoms with van der Waals surface area (Å²) in [5, 5.41) is 11.8. The van der Waals surface area contributed by atoms with E-state index in [0.29, 0.717) is 10.0 Å². The molecule has 0 unspecified atom stereocenters. The Hall–Kier alpha value is -1.32. The molecule has 0 aliphatic carbocycles. The molecular weight excluding hydrogens is 233 g/mol. The van der Waals surface area contributed by atoms with Crippen LogP contribution in [0, 0.1) is 0 Å². The number of benzene rings is 1. The molecule has 5 heteroatoms. The molecule has 1 aromatic heterocycles. The smallest absolute Gasteiger partial charge is 0.0731 e. The van der Waals surface area contributed by atoms with Crippen LogP contribution in [0.15, 0.2) is 36.7 Å². The average molecular weight is 240 g/mol. The van der Waals surface area contributed by atoms with Crippen molar-refractivity contribution in [2.45, 2.75) is 0 Å². The molecule has 0 aliphatic rings. The van der Waals surface area contributed by atoms with E-state index >= 15 is 0 Å². The van der Waals surface area contributed by atoms with Gasteiger partial charge in [0.1, 0.15) is 0 Å². The van der Waals surface area contributed by atoms with E-state index in [2.05, 4.69) is 15.5 Å². The first-order valence-electron chi connectivity index (χ1n) is 4.24. The molecule has 2 aromatic rings. The van der Waals surface area contributed by atoms with Crippen LogP contribution in [0.3, 0.4) is 0 Å². The van der Waals surface area contributed by atoms with Crippen molar-refractivity contribution in [1.82, 2.24) is 10.2 Å². The number of rotatable bonds is 2. The second kappa shape index (κ2) is 4.47. The van der Waals surface area contributed by atoms with Crippen molar-refractivity contribution in [2.24, 2.45) is 0 Å². The van der Waals surface area contributed by atoms with E-state index in [9.17, 15) is 0 Å². The van der Waals surface area contributed by atoms with Crippen molar-refractivity contribution in [3.63, 3.8) is 0 Å². The lowest BCUT2D eigenvalue weighted by atomic mass is 10.3. The minimum Gasteiger partial charge on any atom is -0.353 e. The first kappa shape index (κ1) is 10.2. The Morgan fingerprint density at radius 1 is 1.07 bits per heavy atom. The fourth-order valence-electron chi connectivity index (χ4n) is 1.11. The van der Waals surface area contributed by atoms with E-state index in [1.54, 1.807) is 36.7 Å². The topological polar surface area (TPSA) is 37.8 Å². The Balaban J connectivity index is 2.28. The van der Waals surface area contributed by atoms with E-state index in [-0.39, 0.29) is 0 Å². The fourth-order valence-corrected chi connectivity index (χ4v) is 1.45. The van der Waals surface area contributed by atoms with Gasteiger partial charge in [0.25, 0.3) is 0 Å². The van der Waals surface area contributed by atoms with Crippen molar-refractivity contribution in [1.29, 1.82) is 0 Å². The number of aromatic nitrogens is 2. The van der Waals surface area contributed by atoms with Crippen LogP contribution in [-0.2, 0) is 0 Å². The summed E-state index contributed by atoms with van der Waals surface area (Å²) in [6.45, 7) is 0. The van der Waals surface area contributed by atoms with Gasteiger partial charge in [-0.15, -0.1) is 0 Å². The normalized spacial score (nSPS) is 10.0. The molecule has 1 aromatic carbocycles. The lowest BCUT2D eigenvalue weighted by Gasteiger charge is -2.07. The molecule has 0 saturated heterocycles. The molecule has 1 N–H and O–H groups in total. The van der Waals surface area contributed by atoms with Gasteiger partial charge < -0.3 is 5.32 Å². The number of hydrogen-bond acceptors (Lipinski definition) is 3. The zero-order valence-electron chi connectivity index (χ0n) is 7.61. The molecule has 3 nitrogen and oxygen atoms in total. The van der Waals surface area contributed by atoms with Crippen LogP contribution in [0.1, 0.15) is 0 Å². The first-order valence-corrected chi connectivity index (χ1v) is 5.00. The summed E-state index contributed by atoms with van der Waals surface area (Å²) in [5.74, 6) is 0. The maximum atomic E-state index is 5.99. The van der Waals surface area contributed by atoms with Gasteiger partial charge in [-0.25, -0.2) is 0 Å². The van der Waals surface area contributed by atoms with Gasteiger partial charge in [-0.05, 0) is 24.3 Å². The largest absolute Gasteiger partial charge is 0.353 e. The molecule has 0 amide bonds. The standard InChI is InChI=1S/C10H7Cl2N3/c11-7-1-2-9(12)10(5-7)15-8-3-4-13-14-6-8/h1-6H,(H,13,15). The molecule has 0 aliphatic heterocycles. The number of hydrogen-bond donors (Lipinski definition) is 1. The Kier molecular flexibility index (Phi) is 3.04. The van der Waals surface area contributed by atoms with E-state index in [1.807, 2.05) is 0 Å². The number of nitrogens with zero attached hydrogens (tertiary/aromatic N) is 2. The highest BCUT2D eigenvalue weighted by Crippen LogP contribution is 2.27. The van der Waals surface area contributed by atoms with Crippen LogP contribution in [0.25, 0.3) is 0 Å². The highest BCUT2D eigenvalue weighted by atomic mass is 35.5. The van der Waals surface area contributed by atoms with Crippen LogP contribution < -0.4 is 5.32 Å². The van der Waals surface area contributed by atoms with Crippen LogP contribution in [-0.4, -0.2) is 10.2 Å². The van der Waals surface area contributed by atoms with Crippen LogP contribution in [0.2, 0.25) is 10.0 Å².